The van der Waals surface area contributed by atoms with Crippen LogP contribution in [0.2, 0.25) is 0 Å². The first kappa shape index (κ1) is 14.2. The van der Waals surface area contributed by atoms with Gasteiger partial charge in [-0.1, -0.05) is 0 Å². The molecule has 0 aromatic heterocycles. The van der Waals surface area contributed by atoms with E-state index in [1.54, 1.807) is 31.4 Å². The molecule has 1 unspecified atom stereocenters. The molecular formula is C15H12FNO2S. The summed E-state index contributed by atoms with van der Waals surface area (Å²) in [5.41, 5.74) is 0.631. The maximum atomic E-state index is 13.6. The molecule has 0 spiro atoms. The highest BCUT2D eigenvalue weighted by Crippen LogP contribution is 2.19. The number of ether oxygens (including phenoxy) is 1. The van der Waals surface area contributed by atoms with Crippen LogP contribution in [-0.2, 0) is 16.6 Å². The van der Waals surface area contributed by atoms with E-state index in [-0.39, 0.29) is 11.3 Å². The van der Waals surface area contributed by atoms with Gasteiger partial charge in [-0.05, 0) is 42.5 Å². The topological polar surface area (TPSA) is 50.1 Å². The Labute approximate surface area is 119 Å². The molecule has 3 nitrogen and oxygen atoms in total. The van der Waals surface area contributed by atoms with Crippen molar-refractivity contribution in [1.82, 2.24) is 0 Å². The van der Waals surface area contributed by atoms with Crippen LogP contribution in [0.3, 0.4) is 0 Å². The van der Waals surface area contributed by atoms with E-state index in [1.807, 2.05) is 6.07 Å². The first-order chi connectivity index (χ1) is 9.63. The SMILES string of the molecule is COc1ccc(S(=O)Cc2cc(C#N)ccc2F)cc1. The molecule has 0 heterocycles. The lowest BCUT2D eigenvalue weighted by atomic mass is 10.1. The van der Waals surface area contributed by atoms with Crippen LogP contribution in [0.15, 0.2) is 47.4 Å². The number of hydrogen-bond donors (Lipinski definition) is 0. The molecular weight excluding hydrogens is 277 g/mol. The van der Waals surface area contributed by atoms with E-state index in [4.69, 9.17) is 10.00 Å². The van der Waals surface area contributed by atoms with Crippen LogP contribution in [0.1, 0.15) is 11.1 Å². The van der Waals surface area contributed by atoms with Gasteiger partial charge >= 0.3 is 0 Å². The molecule has 0 aliphatic heterocycles. The van der Waals surface area contributed by atoms with Crippen molar-refractivity contribution in [3.05, 3.63) is 59.4 Å². The Balaban J connectivity index is 2.20. The summed E-state index contributed by atoms with van der Waals surface area (Å²) in [5, 5.41) is 8.80. The van der Waals surface area contributed by atoms with E-state index in [1.165, 1.54) is 18.2 Å². The standard InChI is InChI=1S/C15H12FNO2S/c1-19-13-3-5-14(6-4-13)20(18)10-12-8-11(9-17)2-7-15(12)16/h2-8H,10H2,1H3. The molecule has 0 saturated heterocycles. The van der Waals surface area contributed by atoms with Crippen molar-refractivity contribution in [2.24, 2.45) is 0 Å². The molecule has 0 bridgehead atoms. The molecule has 0 aliphatic rings. The van der Waals surface area contributed by atoms with E-state index in [0.717, 1.165) is 0 Å². The predicted octanol–water partition coefficient (Wildman–Crippen LogP) is 3.01. The van der Waals surface area contributed by atoms with Crippen molar-refractivity contribution in [3.63, 3.8) is 0 Å². The quantitative estimate of drug-likeness (QED) is 0.869. The highest BCUT2D eigenvalue weighted by atomic mass is 32.2. The predicted molar refractivity (Wildman–Crippen MR) is 74.2 cm³/mol. The zero-order valence-corrected chi connectivity index (χ0v) is 11.6. The average Bonchev–Trinajstić information content (AvgIpc) is 2.49. The highest BCUT2D eigenvalue weighted by Gasteiger charge is 2.10. The first-order valence-corrected chi connectivity index (χ1v) is 7.17. The Bertz CT molecular complexity index is 677. The Kier molecular flexibility index (Phi) is 4.49. The van der Waals surface area contributed by atoms with E-state index in [2.05, 4.69) is 0 Å². The fraction of sp³-hybridized carbons (Fsp3) is 0.133. The van der Waals surface area contributed by atoms with Crippen molar-refractivity contribution in [3.8, 4) is 11.8 Å². The largest absolute Gasteiger partial charge is 0.497 e. The molecule has 0 saturated carbocycles. The van der Waals surface area contributed by atoms with Crippen LogP contribution in [-0.4, -0.2) is 11.3 Å². The van der Waals surface area contributed by atoms with Crippen molar-refractivity contribution in [1.29, 1.82) is 5.26 Å². The van der Waals surface area contributed by atoms with Crippen LogP contribution in [0.4, 0.5) is 4.39 Å². The lowest BCUT2D eigenvalue weighted by Gasteiger charge is -2.05. The molecule has 0 amide bonds. The van der Waals surface area contributed by atoms with Gasteiger partial charge in [-0.15, -0.1) is 0 Å². The summed E-state index contributed by atoms with van der Waals surface area (Å²) >= 11 is 0. The van der Waals surface area contributed by atoms with Gasteiger partial charge in [0.1, 0.15) is 11.6 Å². The summed E-state index contributed by atoms with van der Waals surface area (Å²) in [7, 11) is 0.180. The molecule has 1 atom stereocenters. The summed E-state index contributed by atoms with van der Waals surface area (Å²) in [6, 6.07) is 12.8. The van der Waals surface area contributed by atoms with Gasteiger partial charge in [0, 0.05) is 10.5 Å². The number of rotatable bonds is 4. The van der Waals surface area contributed by atoms with Crippen molar-refractivity contribution in [2.45, 2.75) is 10.6 Å². The molecule has 2 rings (SSSR count). The van der Waals surface area contributed by atoms with Gasteiger partial charge in [0.05, 0.1) is 35.3 Å². The number of methoxy groups -OCH3 is 1. The van der Waals surface area contributed by atoms with Crippen LogP contribution >= 0.6 is 0 Å². The summed E-state index contributed by atoms with van der Waals surface area (Å²) < 4.78 is 30.8. The number of nitrogens with zero attached hydrogens (tertiary/aromatic N) is 1. The molecule has 0 radical (unpaired) electrons. The Morgan fingerprint density at radius 2 is 1.95 bits per heavy atom. The van der Waals surface area contributed by atoms with Gasteiger partial charge in [-0.3, -0.25) is 4.21 Å². The molecule has 0 fully saturated rings. The minimum absolute atomic E-state index is 0.0354. The van der Waals surface area contributed by atoms with Gasteiger partial charge in [0.15, 0.2) is 0 Å². The van der Waals surface area contributed by atoms with Crippen molar-refractivity contribution in [2.75, 3.05) is 7.11 Å². The monoisotopic (exact) mass is 289 g/mol. The van der Waals surface area contributed by atoms with Gasteiger partial charge in [0.25, 0.3) is 0 Å². The van der Waals surface area contributed by atoms with Crippen molar-refractivity contribution >= 4 is 10.8 Å². The molecule has 0 N–H and O–H groups in total. The summed E-state index contributed by atoms with van der Waals surface area (Å²) in [5.74, 6) is 0.252. The highest BCUT2D eigenvalue weighted by molar-refractivity contribution is 7.84. The maximum Gasteiger partial charge on any atom is 0.127 e. The second kappa shape index (κ2) is 6.31. The second-order valence-electron chi connectivity index (χ2n) is 4.08. The van der Waals surface area contributed by atoms with E-state index in [9.17, 15) is 8.60 Å². The summed E-state index contributed by atoms with van der Waals surface area (Å²) in [6.07, 6.45) is 0. The number of halogens is 1. The van der Waals surface area contributed by atoms with Gasteiger partial charge in [-0.2, -0.15) is 5.26 Å². The molecule has 0 aliphatic carbocycles. The first-order valence-electron chi connectivity index (χ1n) is 5.85. The molecule has 102 valence electrons. The van der Waals surface area contributed by atoms with E-state index in [0.29, 0.717) is 16.2 Å². The third kappa shape index (κ3) is 3.22. The smallest absolute Gasteiger partial charge is 0.127 e. The molecule has 2 aromatic carbocycles. The second-order valence-corrected chi connectivity index (χ2v) is 5.53. The number of nitriles is 1. The molecule has 20 heavy (non-hydrogen) atoms. The minimum Gasteiger partial charge on any atom is -0.497 e. The Hall–Kier alpha value is -2.19. The zero-order chi connectivity index (χ0) is 14.5. The van der Waals surface area contributed by atoms with Gasteiger partial charge in [-0.25, -0.2) is 4.39 Å². The molecule has 5 heteroatoms. The number of hydrogen-bond acceptors (Lipinski definition) is 3. The fourth-order valence-corrected chi connectivity index (χ4v) is 2.82. The average molecular weight is 289 g/mol. The lowest BCUT2D eigenvalue weighted by Crippen LogP contribution is -2.00. The zero-order valence-electron chi connectivity index (χ0n) is 10.8. The van der Waals surface area contributed by atoms with Gasteiger partial charge in [0.2, 0.25) is 0 Å². The Morgan fingerprint density at radius 1 is 1.25 bits per heavy atom. The van der Waals surface area contributed by atoms with Crippen LogP contribution in [0, 0.1) is 17.1 Å². The van der Waals surface area contributed by atoms with Gasteiger partial charge < -0.3 is 4.74 Å². The van der Waals surface area contributed by atoms with Crippen molar-refractivity contribution < 1.29 is 13.3 Å². The third-order valence-corrected chi connectivity index (χ3v) is 4.15. The lowest BCUT2D eigenvalue weighted by molar-refractivity contribution is 0.414. The van der Waals surface area contributed by atoms with Crippen LogP contribution < -0.4 is 4.74 Å². The van der Waals surface area contributed by atoms with E-state index < -0.39 is 16.6 Å². The summed E-state index contributed by atoms with van der Waals surface area (Å²) in [6.45, 7) is 0. The van der Waals surface area contributed by atoms with Crippen LogP contribution in [0.5, 0.6) is 5.75 Å². The Morgan fingerprint density at radius 3 is 2.55 bits per heavy atom. The van der Waals surface area contributed by atoms with E-state index >= 15 is 0 Å². The summed E-state index contributed by atoms with van der Waals surface area (Å²) in [4.78, 5) is 0.590. The normalized spacial score (nSPS) is 11.7. The molecule has 2 aromatic rings. The minimum atomic E-state index is -1.37. The number of benzene rings is 2. The maximum absolute atomic E-state index is 13.6. The third-order valence-electron chi connectivity index (χ3n) is 2.78. The van der Waals surface area contributed by atoms with Crippen LogP contribution in [0.25, 0.3) is 0 Å². The fourth-order valence-electron chi connectivity index (χ4n) is 1.71.